The van der Waals surface area contributed by atoms with Gasteiger partial charge in [-0.05, 0) is 23.8 Å². The zero-order chi connectivity index (χ0) is 27.4. The Kier molecular flexibility index (Phi) is 9.38. The van der Waals surface area contributed by atoms with Crippen molar-refractivity contribution >= 4 is 33.7 Å². The summed E-state index contributed by atoms with van der Waals surface area (Å²) in [6, 6.07) is 4.56. The molecule has 0 spiro atoms. The summed E-state index contributed by atoms with van der Waals surface area (Å²) in [5.74, 6) is -11.0. The van der Waals surface area contributed by atoms with E-state index in [1.807, 2.05) is 0 Å². The minimum absolute atomic E-state index is 0.0154. The lowest BCUT2D eigenvalue weighted by Gasteiger charge is -2.18. The van der Waals surface area contributed by atoms with Crippen LogP contribution in [0.4, 0.5) is 39.5 Å². The second-order valence-corrected chi connectivity index (χ2v) is 8.60. The Morgan fingerprint density at radius 3 is 2.19 bits per heavy atom. The Hall–Kier alpha value is -2.83. The Balaban J connectivity index is 2.20. The van der Waals surface area contributed by atoms with Gasteiger partial charge in [0.15, 0.2) is 23.2 Å². The number of hydrogen-bond donors (Lipinski definition) is 1. The van der Waals surface area contributed by atoms with Gasteiger partial charge in [-0.15, -0.1) is 0 Å². The molecule has 36 heavy (non-hydrogen) atoms. The second-order valence-electron chi connectivity index (χ2n) is 7.74. The van der Waals surface area contributed by atoms with Crippen molar-refractivity contribution in [3.63, 3.8) is 0 Å². The molecular weight excluding hydrogens is 573 g/mol. The highest BCUT2D eigenvalue weighted by Crippen LogP contribution is 2.38. The summed E-state index contributed by atoms with van der Waals surface area (Å²) in [5.41, 5.74) is -0.991. The number of Topliss-reactive ketones (excluding diaryl/α,β-unsaturated/α-hetero) is 1. The lowest BCUT2D eigenvalue weighted by Crippen LogP contribution is -2.37. The summed E-state index contributed by atoms with van der Waals surface area (Å²) in [5, 5.41) is 1.67. The third-order valence-electron chi connectivity index (χ3n) is 4.93. The largest absolute Gasteiger partial charge is 0.405 e. The molecule has 2 aromatic rings. The van der Waals surface area contributed by atoms with Crippen LogP contribution in [-0.2, 0) is 4.79 Å². The van der Waals surface area contributed by atoms with Crippen LogP contribution in [0.5, 0.6) is 0 Å². The highest BCUT2D eigenvalue weighted by atomic mass is 79.9. The van der Waals surface area contributed by atoms with E-state index in [-0.39, 0.29) is 15.6 Å². The molecule has 2 aromatic carbocycles. The van der Waals surface area contributed by atoms with Crippen molar-refractivity contribution in [2.24, 2.45) is 5.92 Å². The summed E-state index contributed by atoms with van der Waals surface area (Å²) in [7, 11) is 0. The fourth-order valence-electron chi connectivity index (χ4n) is 3.08. The van der Waals surface area contributed by atoms with Crippen LogP contribution in [0.25, 0.3) is 6.08 Å². The van der Waals surface area contributed by atoms with E-state index in [4.69, 9.17) is 0 Å². The van der Waals surface area contributed by atoms with Gasteiger partial charge in [0.25, 0.3) is 0 Å². The first-order chi connectivity index (χ1) is 16.5. The number of amides is 1. The molecule has 1 unspecified atom stereocenters. The number of allylic oxidation sites excluding steroid dienone is 1. The highest BCUT2D eigenvalue weighted by Gasteiger charge is 2.41. The molecular formula is C23H17BrF9NO2. The summed E-state index contributed by atoms with van der Waals surface area (Å²) in [6.45, 7) is -0.300. The lowest BCUT2D eigenvalue weighted by molar-refractivity contribution is -0.140. The summed E-state index contributed by atoms with van der Waals surface area (Å²) in [4.78, 5) is 24.2. The average Bonchev–Trinajstić information content (AvgIpc) is 2.75. The SMILES string of the molecule is C[C@@H](CC(=O)c1ccc(/C=C/C(c2ccc(F)c(F)c2F)C(F)(F)F)cc1Br)C(=O)NCC(F)(F)F. The number of halogens is 10. The van der Waals surface area contributed by atoms with Gasteiger partial charge in [-0.25, -0.2) is 13.2 Å². The lowest BCUT2D eigenvalue weighted by atomic mass is 9.95. The van der Waals surface area contributed by atoms with Crippen LogP contribution in [0, 0.1) is 23.4 Å². The van der Waals surface area contributed by atoms with E-state index < -0.39 is 71.9 Å². The van der Waals surface area contributed by atoms with Crippen molar-refractivity contribution < 1.29 is 49.1 Å². The Bertz CT molecular complexity index is 1160. The molecule has 196 valence electrons. The number of carbonyl (C=O) groups is 2. The highest BCUT2D eigenvalue weighted by molar-refractivity contribution is 9.10. The van der Waals surface area contributed by atoms with Crippen LogP contribution >= 0.6 is 15.9 Å². The molecule has 0 aliphatic carbocycles. The van der Waals surface area contributed by atoms with E-state index in [1.54, 1.807) is 5.32 Å². The third kappa shape index (κ3) is 7.84. The molecule has 2 atom stereocenters. The van der Waals surface area contributed by atoms with Crippen molar-refractivity contribution in [2.75, 3.05) is 6.54 Å². The van der Waals surface area contributed by atoms with E-state index in [9.17, 15) is 49.1 Å². The van der Waals surface area contributed by atoms with E-state index in [0.717, 1.165) is 6.08 Å². The van der Waals surface area contributed by atoms with Gasteiger partial charge in [0.1, 0.15) is 12.5 Å². The first-order valence-corrected chi connectivity index (χ1v) is 10.9. The first-order valence-electron chi connectivity index (χ1n) is 10.1. The number of alkyl halides is 6. The van der Waals surface area contributed by atoms with E-state index in [2.05, 4.69) is 15.9 Å². The molecule has 0 fully saturated rings. The van der Waals surface area contributed by atoms with Crippen LogP contribution in [0.2, 0.25) is 0 Å². The fraction of sp³-hybridized carbons (Fsp3) is 0.304. The van der Waals surface area contributed by atoms with Crippen molar-refractivity contribution in [1.29, 1.82) is 0 Å². The first kappa shape index (κ1) is 29.4. The van der Waals surface area contributed by atoms with E-state index >= 15 is 0 Å². The maximum atomic E-state index is 14.0. The third-order valence-corrected chi connectivity index (χ3v) is 5.59. The Morgan fingerprint density at radius 1 is 1.00 bits per heavy atom. The molecule has 0 saturated carbocycles. The van der Waals surface area contributed by atoms with Crippen LogP contribution in [-0.4, -0.2) is 30.6 Å². The minimum Gasteiger partial charge on any atom is -0.347 e. The Labute approximate surface area is 207 Å². The van der Waals surface area contributed by atoms with E-state index in [1.165, 1.54) is 25.1 Å². The number of benzene rings is 2. The van der Waals surface area contributed by atoms with Crippen molar-refractivity contribution in [3.8, 4) is 0 Å². The van der Waals surface area contributed by atoms with Crippen molar-refractivity contribution in [2.45, 2.75) is 31.6 Å². The number of carbonyl (C=O) groups excluding carboxylic acids is 2. The topological polar surface area (TPSA) is 46.2 Å². The number of rotatable bonds is 8. The molecule has 0 radical (unpaired) electrons. The van der Waals surface area contributed by atoms with Gasteiger partial charge < -0.3 is 5.32 Å². The van der Waals surface area contributed by atoms with Gasteiger partial charge in [-0.2, -0.15) is 26.3 Å². The molecule has 3 nitrogen and oxygen atoms in total. The smallest absolute Gasteiger partial charge is 0.347 e. The van der Waals surface area contributed by atoms with Gasteiger partial charge in [-0.1, -0.05) is 47.1 Å². The number of ketones is 1. The molecule has 2 rings (SSSR count). The maximum absolute atomic E-state index is 14.0. The molecule has 13 heteroatoms. The predicted molar refractivity (Wildman–Crippen MR) is 115 cm³/mol. The molecule has 0 aliphatic heterocycles. The molecule has 1 N–H and O–H groups in total. The standard InChI is InChI=1S/C23H17BrF9NO2/c1-11(21(36)34-10-22(28,29)30)8-18(35)14-4-2-12(9-16(14)24)3-6-15(23(31,32)33)13-5-7-17(25)20(27)19(13)26/h2-7,9,11,15H,8,10H2,1H3,(H,34,36)/b6-3+/t11-,15?/m0/s1. The molecule has 0 bridgehead atoms. The molecule has 0 aliphatic rings. The van der Waals surface area contributed by atoms with Gasteiger partial charge in [0.2, 0.25) is 5.91 Å². The summed E-state index contributed by atoms with van der Waals surface area (Å²) >= 11 is 3.07. The fourth-order valence-corrected chi connectivity index (χ4v) is 3.70. The average molecular weight is 590 g/mol. The van der Waals surface area contributed by atoms with Crippen LogP contribution in [0.3, 0.4) is 0 Å². The summed E-state index contributed by atoms with van der Waals surface area (Å²) < 4.78 is 118. The summed E-state index contributed by atoms with van der Waals surface area (Å²) in [6.07, 6.45) is -8.63. The second kappa shape index (κ2) is 11.5. The normalized spacial score (nSPS) is 14.1. The van der Waals surface area contributed by atoms with Gasteiger partial charge >= 0.3 is 12.4 Å². The monoisotopic (exact) mass is 589 g/mol. The zero-order valence-electron chi connectivity index (χ0n) is 18.2. The van der Waals surface area contributed by atoms with Crippen molar-refractivity contribution in [1.82, 2.24) is 5.32 Å². The zero-order valence-corrected chi connectivity index (χ0v) is 19.8. The molecule has 0 aromatic heterocycles. The van der Waals surface area contributed by atoms with Gasteiger partial charge in [-0.3, -0.25) is 9.59 Å². The van der Waals surface area contributed by atoms with Crippen LogP contribution < -0.4 is 5.32 Å². The van der Waals surface area contributed by atoms with E-state index in [0.29, 0.717) is 18.2 Å². The molecule has 0 heterocycles. The molecule has 1 amide bonds. The Morgan fingerprint density at radius 2 is 1.64 bits per heavy atom. The number of nitrogens with one attached hydrogen (secondary N) is 1. The number of hydrogen-bond acceptors (Lipinski definition) is 2. The van der Waals surface area contributed by atoms with Crippen LogP contribution in [0.15, 0.2) is 40.9 Å². The van der Waals surface area contributed by atoms with Gasteiger partial charge in [0.05, 0.1) is 0 Å². The molecule has 0 saturated heterocycles. The van der Waals surface area contributed by atoms with Gasteiger partial charge in [0, 0.05) is 27.9 Å². The minimum atomic E-state index is -5.04. The maximum Gasteiger partial charge on any atom is 0.405 e. The van der Waals surface area contributed by atoms with Crippen molar-refractivity contribution in [3.05, 3.63) is 75.0 Å². The predicted octanol–water partition coefficient (Wildman–Crippen LogP) is 7.11. The quantitative estimate of drug-likeness (QED) is 0.202. The van der Waals surface area contributed by atoms with Crippen LogP contribution in [0.1, 0.15) is 40.7 Å².